The van der Waals surface area contributed by atoms with Gasteiger partial charge in [-0.3, -0.25) is 9.89 Å². The van der Waals surface area contributed by atoms with Gasteiger partial charge in [-0.2, -0.15) is 5.10 Å². The fourth-order valence-corrected chi connectivity index (χ4v) is 1.82. The van der Waals surface area contributed by atoms with Gasteiger partial charge in [-0.1, -0.05) is 26.0 Å². The fourth-order valence-electron chi connectivity index (χ4n) is 1.82. The lowest BCUT2D eigenvalue weighted by molar-refractivity contribution is -0.118. The number of hydrogen-bond acceptors (Lipinski definition) is 3. The van der Waals surface area contributed by atoms with Crippen molar-refractivity contribution >= 4 is 11.6 Å². The number of anilines is 1. The normalized spacial score (nSPS) is 12.4. The maximum atomic E-state index is 11.8. The monoisotopic (exact) mass is 273 g/mol. The van der Waals surface area contributed by atoms with Gasteiger partial charge in [0.2, 0.25) is 5.91 Å². The molecule has 1 amide bonds. The Morgan fingerprint density at radius 3 is 2.85 bits per heavy atom. The third kappa shape index (κ3) is 3.68. The molecule has 1 heterocycles. The van der Waals surface area contributed by atoms with Gasteiger partial charge in [0.25, 0.3) is 0 Å². The highest BCUT2D eigenvalue weighted by molar-refractivity contribution is 5.91. The van der Waals surface area contributed by atoms with Gasteiger partial charge in [-0.15, -0.1) is 0 Å². The Morgan fingerprint density at radius 2 is 2.20 bits per heavy atom. The van der Waals surface area contributed by atoms with E-state index < -0.39 is 6.10 Å². The van der Waals surface area contributed by atoms with Crippen molar-refractivity contribution in [3.8, 4) is 11.1 Å². The molecule has 106 valence electrons. The van der Waals surface area contributed by atoms with Crippen molar-refractivity contribution in [2.24, 2.45) is 5.92 Å². The summed E-state index contributed by atoms with van der Waals surface area (Å²) in [6.45, 7) is 3.77. The van der Waals surface area contributed by atoms with Crippen molar-refractivity contribution < 1.29 is 9.90 Å². The van der Waals surface area contributed by atoms with E-state index in [0.717, 1.165) is 11.1 Å². The molecule has 0 spiro atoms. The summed E-state index contributed by atoms with van der Waals surface area (Å²) in [5.74, 6) is -0.117. The summed E-state index contributed by atoms with van der Waals surface area (Å²) in [6.07, 6.45) is 3.01. The lowest BCUT2D eigenvalue weighted by atomic mass is 10.0. The second-order valence-electron chi connectivity index (χ2n) is 5.13. The SMILES string of the molecule is CC(C)[C@H](O)CC(=O)Nc1cccc(-c2cn[nH]c2)c1. The molecule has 0 saturated heterocycles. The van der Waals surface area contributed by atoms with Crippen molar-refractivity contribution in [2.45, 2.75) is 26.4 Å². The molecule has 5 nitrogen and oxygen atoms in total. The van der Waals surface area contributed by atoms with Crippen molar-refractivity contribution in [3.05, 3.63) is 36.7 Å². The highest BCUT2D eigenvalue weighted by Gasteiger charge is 2.14. The highest BCUT2D eigenvalue weighted by Crippen LogP contribution is 2.21. The second-order valence-corrected chi connectivity index (χ2v) is 5.13. The minimum Gasteiger partial charge on any atom is -0.392 e. The molecule has 0 unspecified atom stereocenters. The van der Waals surface area contributed by atoms with E-state index in [-0.39, 0.29) is 18.2 Å². The quantitative estimate of drug-likeness (QED) is 0.783. The fraction of sp³-hybridized carbons (Fsp3) is 0.333. The molecule has 2 rings (SSSR count). The lowest BCUT2D eigenvalue weighted by Gasteiger charge is -2.14. The van der Waals surface area contributed by atoms with Crippen LogP contribution in [-0.4, -0.2) is 27.3 Å². The summed E-state index contributed by atoms with van der Waals surface area (Å²) in [5, 5.41) is 19.2. The van der Waals surface area contributed by atoms with E-state index in [1.54, 1.807) is 12.4 Å². The van der Waals surface area contributed by atoms with Gasteiger partial charge in [0, 0.05) is 17.4 Å². The number of nitrogens with zero attached hydrogens (tertiary/aromatic N) is 1. The Morgan fingerprint density at radius 1 is 1.40 bits per heavy atom. The van der Waals surface area contributed by atoms with Gasteiger partial charge in [0.1, 0.15) is 0 Å². The van der Waals surface area contributed by atoms with Gasteiger partial charge < -0.3 is 10.4 Å². The number of amides is 1. The molecule has 2 aromatic rings. The van der Waals surface area contributed by atoms with E-state index >= 15 is 0 Å². The summed E-state index contributed by atoms with van der Waals surface area (Å²) in [4.78, 5) is 11.8. The second kappa shape index (κ2) is 6.34. The smallest absolute Gasteiger partial charge is 0.226 e. The van der Waals surface area contributed by atoms with Crippen molar-refractivity contribution in [3.63, 3.8) is 0 Å². The number of benzene rings is 1. The highest BCUT2D eigenvalue weighted by atomic mass is 16.3. The Labute approximate surface area is 118 Å². The third-order valence-electron chi connectivity index (χ3n) is 3.14. The number of aromatic amines is 1. The first-order chi connectivity index (χ1) is 9.56. The van der Waals surface area contributed by atoms with Gasteiger partial charge in [0.05, 0.1) is 18.7 Å². The van der Waals surface area contributed by atoms with E-state index in [9.17, 15) is 9.90 Å². The molecule has 1 aromatic carbocycles. The maximum absolute atomic E-state index is 11.8. The van der Waals surface area contributed by atoms with E-state index in [2.05, 4.69) is 15.5 Å². The van der Waals surface area contributed by atoms with Crippen LogP contribution < -0.4 is 5.32 Å². The Bertz CT molecular complexity index is 564. The molecule has 0 aliphatic heterocycles. The van der Waals surface area contributed by atoms with Gasteiger partial charge in [-0.05, 0) is 23.6 Å². The first kappa shape index (κ1) is 14.3. The number of carbonyl (C=O) groups is 1. The molecule has 1 aromatic heterocycles. The molecule has 0 aliphatic rings. The van der Waals surface area contributed by atoms with Crippen LogP contribution in [0.25, 0.3) is 11.1 Å². The molecule has 0 fully saturated rings. The number of H-pyrrole nitrogens is 1. The number of aliphatic hydroxyl groups excluding tert-OH is 1. The zero-order valence-corrected chi connectivity index (χ0v) is 11.6. The van der Waals surface area contributed by atoms with Crippen LogP contribution in [0.1, 0.15) is 20.3 Å². The number of aliphatic hydroxyl groups is 1. The summed E-state index contributed by atoms with van der Waals surface area (Å²) in [7, 11) is 0. The minimum absolute atomic E-state index is 0.0676. The Hall–Kier alpha value is -2.14. The number of aromatic nitrogens is 2. The molecular formula is C15H19N3O2. The summed E-state index contributed by atoms with van der Waals surface area (Å²) >= 11 is 0. The largest absolute Gasteiger partial charge is 0.392 e. The van der Waals surface area contributed by atoms with E-state index in [1.807, 2.05) is 38.1 Å². The summed E-state index contributed by atoms with van der Waals surface area (Å²) in [6, 6.07) is 7.52. The molecule has 0 radical (unpaired) electrons. The zero-order chi connectivity index (χ0) is 14.5. The van der Waals surface area contributed by atoms with Crippen LogP contribution in [0.15, 0.2) is 36.7 Å². The van der Waals surface area contributed by atoms with Crippen LogP contribution in [0.4, 0.5) is 5.69 Å². The van der Waals surface area contributed by atoms with Crippen molar-refractivity contribution in [1.82, 2.24) is 10.2 Å². The van der Waals surface area contributed by atoms with Crippen LogP contribution >= 0.6 is 0 Å². The predicted octanol–water partition coefficient (Wildman–Crippen LogP) is 2.42. The van der Waals surface area contributed by atoms with Crippen LogP contribution in [0.3, 0.4) is 0 Å². The molecule has 1 atom stereocenters. The third-order valence-corrected chi connectivity index (χ3v) is 3.14. The average molecular weight is 273 g/mol. The van der Waals surface area contributed by atoms with Crippen molar-refractivity contribution in [2.75, 3.05) is 5.32 Å². The Kier molecular flexibility index (Phi) is 4.53. The molecule has 5 heteroatoms. The van der Waals surface area contributed by atoms with E-state index in [1.165, 1.54) is 0 Å². The summed E-state index contributed by atoms with van der Waals surface area (Å²) < 4.78 is 0. The minimum atomic E-state index is -0.618. The Balaban J connectivity index is 2.03. The van der Waals surface area contributed by atoms with Crippen LogP contribution in [-0.2, 0) is 4.79 Å². The molecule has 0 aliphatic carbocycles. The number of carbonyl (C=O) groups excluding carboxylic acids is 1. The van der Waals surface area contributed by atoms with Gasteiger partial charge in [-0.25, -0.2) is 0 Å². The molecule has 0 bridgehead atoms. The van der Waals surface area contributed by atoms with Crippen LogP contribution in [0, 0.1) is 5.92 Å². The van der Waals surface area contributed by atoms with E-state index in [4.69, 9.17) is 0 Å². The van der Waals surface area contributed by atoms with Gasteiger partial charge >= 0.3 is 0 Å². The number of nitrogens with one attached hydrogen (secondary N) is 2. The average Bonchev–Trinajstić information content (AvgIpc) is 2.92. The number of hydrogen-bond donors (Lipinski definition) is 3. The van der Waals surface area contributed by atoms with Crippen molar-refractivity contribution in [1.29, 1.82) is 0 Å². The van der Waals surface area contributed by atoms with Crippen LogP contribution in [0.2, 0.25) is 0 Å². The summed E-state index contributed by atoms with van der Waals surface area (Å²) in [5.41, 5.74) is 2.65. The standard InChI is InChI=1S/C15H19N3O2/c1-10(2)14(19)7-15(20)18-13-5-3-4-11(6-13)12-8-16-17-9-12/h3-6,8-10,14,19H,7H2,1-2H3,(H,16,17)(H,18,20)/t14-/m1/s1. The number of rotatable bonds is 5. The first-order valence-corrected chi connectivity index (χ1v) is 6.63. The molecule has 20 heavy (non-hydrogen) atoms. The lowest BCUT2D eigenvalue weighted by Crippen LogP contribution is -2.23. The predicted molar refractivity (Wildman–Crippen MR) is 78.1 cm³/mol. The van der Waals surface area contributed by atoms with Crippen LogP contribution in [0.5, 0.6) is 0 Å². The first-order valence-electron chi connectivity index (χ1n) is 6.63. The maximum Gasteiger partial charge on any atom is 0.226 e. The molecule has 3 N–H and O–H groups in total. The molecular weight excluding hydrogens is 254 g/mol. The zero-order valence-electron chi connectivity index (χ0n) is 11.6. The van der Waals surface area contributed by atoms with E-state index in [0.29, 0.717) is 5.69 Å². The topological polar surface area (TPSA) is 78.0 Å². The van der Waals surface area contributed by atoms with Gasteiger partial charge in [0.15, 0.2) is 0 Å². The molecule has 0 saturated carbocycles.